The standard InChI is InChI=1S/C37H47NO3Si/c1-8-32(27-30(4)33-15-13-31(14-16-33)25-26-42(39-5,40-6)41-7)34-17-23-37(24-18-34)38(35-19-9-28(2)10-20-35)36-21-11-29(3)12-22-36/h9-24,30,32H,8,25-27H2,1-7H3. The fourth-order valence-corrected chi connectivity index (χ4v) is 7.41. The zero-order chi connectivity index (χ0) is 30.1. The smallest absolute Gasteiger partial charge is 0.377 e. The van der Waals surface area contributed by atoms with E-state index < -0.39 is 8.80 Å². The normalized spacial score (nSPS) is 13.1. The summed E-state index contributed by atoms with van der Waals surface area (Å²) >= 11 is 0. The SMILES string of the molecule is CCC(CC(C)c1ccc(CC[Si](OC)(OC)OC)cc1)c1ccc(N(c2ccc(C)cc2)c2ccc(C)cc2)cc1. The summed E-state index contributed by atoms with van der Waals surface area (Å²) in [6.07, 6.45) is 3.10. The number of hydrogen-bond donors (Lipinski definition) is 0. The topological polar surface area (TPSA) is 30.9 Å². The van der Waals surface area contributed by atoms with Gasteiger partial charge < -0.3 is 18.2 Å². The van der Waals surface area contributed by atoms with Crippen LogP contribution in [0.1, 0.15) is 66.3 Å². The maximum absolute atomic E-state index is 5.58. The second-order valence-electron chi connectivity index (χ2n) is 11.4. The number of aryl methyl sites for hydroxylation is 3. The second-order valence-corrected chi connectivity index (χ2v) is 14.5. The Kier molecular flexibility index (Phi) is 11.2. The molecule has 0 bridgehead atoms. The molecule has 222 valence electrons. The van der Waals surface area contributed by atoms with Crippen molar-refractivity contribution in [2.45, 2.75) is 64.8 Å². The Bertz CT molecular complexity index is 1310. The lowest BCUT2D eigenvalue weighted by molar-refractivity contribution is 0.123. The summed E-state index contributed by atoms with van der Waals surface area (Å²) in [4.78, 5) is 2.34. The van der Waals surface area contributed by atoms with Gasteiger partial charge in [-0.15, -0.1) is 0 Å². The molecule has 5 heteroatoms. The minimum atomic E-state index is -2.56. The Labute approximate surface area is 254 Å². The highest BCUT2D eigenvalue weighted by atomic mass is 28.4. The number of rotatable bonds is 14. The van der Waals surface area contributed by atoms with E-state index in [0.717, 1.165) is 25.3 Å². The predicted octanol–water partition coefficient (Wildman–Crippen LogP) is 9.88. The van der Waals surface area contributed by atoms with Crippen LogP contribution in [0.4, 0.5) is 17.1 Å². The number of nitrogens with zero attached hydrogens (tertiary/aromatic N) is 1. The molecule has 0 saturated carbocycles. The van der Waals surface area contributed by atoms with E-state index in [1.165, 1.54) is 44.9 Å². The first-order valence-electron chi connectivity index (χ1n) is 15.1. The minimum Gasteiger partial charge on any atom is -0.377 e. The first-order valence-corrected chi connectivity index (χ1v) is 17.0. The molecule has 0 saturated heterocycles. The van der Waals surface area contributed by atoms with Crippen molar-refractivity contribution in [3.63, 3.8) is 0 Å². The van der Waals surface area contributed by atoms with Crippen molar-refractivity contribution in [2.75, 3.05) is 26.2 Å². The Morgan fingerprint density at radius 3 is 1.48 bits per heavy atom. The number of benzene rings is 4. The minimum absolute atomic E-state index is 0.464. The van der Waals surface area contributed by atoms with Crippen molar-refractivity contribution < 1.29 is 13.3 Å². The van der Waals surface area contributed by atoms with Crippen molar-refractivity contribution in [1.82, 2.24) is 0 Å². The molecule has 4 nitrogen and oxygen atoms in total. The Morgan fingerprint density at radius 1 is 0.619 bits per heavy atom. The molecule has 42 heavy (non-hydrogen) atoms. The van der Waals surface area contributed by atoms with Crippen LogP contribution in [-0.2, 0) is 19.7 Å². The number of anilines is 3. The first-order chi connectivity index (χ1) is 20.3. The highest BCUT2D eigenvalue weighted by Gasteiger charge is 2.37. The summed E-state index contributed by atoms with van der Waals surface area (Å²) < 4.78 is 16.8. The van der Waals surface area contributed by atoms with Gasteiger partial charge >= 0.3 is 8.80 Å². The molecule has 0 aliphatic rings. The first kappa shape index (κ1) is 31.7. The highest BCUT2D eigenvalue weighted by molar-refractivity contribution is 6.60. The van der Waals surface area contributed by atoms with E-state index in [0.29, 0.717) is 11.8 Å². The monoisotopic (exact) mass is 581 g/mol. The van der Waals surface area contributed by atoms with Crippen molar-refractivity contribution in [2.24, 2.45) is 0 Å². The molecule has 0 heterocycles. The molecule has 4 aromatic carbocycles. The van der Waals surface area contributed by atoms with Crippen molar-refractivity contribution in [3.05, 3.63) is 125 Å². The van der Waals surface area contributed by atoms with Gasteiger partial charge in [0.1, 0.15) is 0 Å². The van der Waals surface area contributed by atoms with Crippen LogP contribution in [0.15, 0.2) is 97.1 Å². The zero-order valence-electron chi connectivity index (χ0n) is 26.4. The predicted molar refractivity (Wildman–Crippen MR) is 178 cm³/mol. The molecule has 0 aliphatic carbocycles. The van der Waals surface area contributed by atoms with Crippen LogP contribution in [0.5, 0.6) is 0 Å². The van der Waals surface area contributed by atoms with Gasteiger partial charge in [-0.2, -0.15) is 0 Å². The number of hydrogen-bond acceptors (Lipinski definition) is 4. The van der Waals surface area contributed by atoms with Crippen LogP contribution in [-0.4, -0.2) is 30.1 Å². The third-order valence-electron chi connectivity index (χ3n) is 8.54. The average Bonchev–Trinajstić information content (AvgIpc) is 3.03. The zero-order valence-corrected chi connectivity index (χ0v) is 27.4. The molecule has 2 unspecified atom stereocenters. The Morgan fingerprint density at radius 2 is 1.05 bits per heavy atom. The van der Waals surface area contributed by atoms with Gasteiger partial charge in [-0.05, 0) is 98.0 Å². The second kappa shape index (κ2) is 14.8. The molecule has 0 N–H and O–H groups in total. The average molecular weight is 582 g/mol. The lowest BCUT2D eigenvalue weighted by Crippen LogP contribution is -2.43. The molecule has 0 spiro atoms. The largest absolute Gasteiger partial charge is 0.500 e. The maximum Gasteiger partial charge on any atom is 0.500 e. The Balaban J connectivity index is 1.47. The fraction of sp³-hybridized carbons (Fsp3) is 0.351. The van der Waals surface area contributed by atoms with Gasteiger partial charge in [0.25, 0.3) is 0 Å². The quantitative estimate of drug-likeness (QED) is 0.139. The van der Waals surface area contributed by atoms with Crippen LogP contribution in [0.2, 0.25) is 6.04 Å². The highest BCUT2D eigenvalue weighted by Crippen LogP contribution is 2.37. The van der Waals surface area contributed by atoms with Crippen LogP contribution in [0, 0.1) is 13.8 Å². The van der Waals surface area contributed by atoms with Crippen LogP contribution in [0.25, 0.3) is 0 Å². The van der Waals surface area contributed by atoms with Crippen molar-refractivity contribution in [1.29, 1.82) is 0 Å². The summed E-state index contributed by atoms with van der Waals surface area (Å²) in [6, 6.07) is 36.6. The molecule has 0 amide bonds. The molecule has 0 fully saturated rings. The third kappa shape index (κ3) is 7.78. The molecular weight excluding hydrogens is 534 g/mol. The van der Waals surface area contributed by atoms with Crippen LogP contribution in [0.3, 0.4) is 0 Å². The van der Waals surface area contributed by atoms with Gasteiger partial charge in [-0.1, -0.05) is 85.6 Å². The van der Waals surface area contributed by atoms with E-state index in [2.05, 4.69) is 130 Å². The molecule has 0 aromatic heterocycles. The summed E-state index contributed by atoms with van der Waals surface area (Å²) in [5, 5.41) is 0. The molecule has 4 rings (SSSR count). The maximum atomic E-state index is 5.58. The van der Waals surface area contributed by atoms with E-state index in [-0.39, 0.29) is 0 Å². The van der Waals surface area contributed by atoms with E-state index in [9.17, 15) is 0 Å². The van der Waals surface area contributed by atoms with Crippen molar-refractivity contribution >= 4 is 25.9 Å². The molecule has 2 atom stereocenters. The van der Waals surface area contributed by atoms with Gasteiger partial charge in [-0.25, -0.2) is 0 Å². The van der Waals surface area contributed by atoms with Gasteiger partial charge in [0, 0.05) is 44.4 Å². The lowest BCUT2D eigenvalue weighted by atomic mass is 9.84. The van der Waals surface area contributed by atoms with Gasteiger partial charge in [-0.3, -0.25) is 0 Å². The lowest BCUT2D eigenvalue weighted by Gasteiger charge is -2.27. The summed E-state index contributed by atoms with van der Waals surface area (Å²) in [7, 11) is 2.46. The fourth-order valence-electron chi connectivity index (χ4n) is 5.70. The van der Waals surface area contributed by atoms with Crippen LogP contribution < -0.4 is 4.90 Å². The van der Waals surface area contributed by atoms with Crippen molar-refractivity contribution in [3.8, 4) is 0 Å². The van der Waals surface area contributed by atoms with E-state index in [4.69, 9.17) is 13.3 Å². The molecule has 4 aromatic rings. The van der Waals surface area contributed by atoms with Gasteiger partial charge in [0.05, 0.1) is 0 Å². The summed E-state index contributed by atoms with van der Waals surface area (Å²) in [5.41, 5.74) is 10.1. The molecule has 0 radical (unpaired) electrons. The summed E-state index contributed by atoms with van der Waals surface area (Å²) in [5.74, 6) is 0.961. The van der Waals surface area contributed by atoms with E-state index in [1.54, 1.807) is 21.3 Å². The Hall–Kier alpha value is -3.22. The van der Waals surface area contributed by atoms with E-state index >= 15 is 0 Å². The molecular formula is C37H47NO3Si. The molecule has 0 aliphatic heterocycles. The van der Waals surface area contributed by atoms with Gasteiger partial charge in [0.15, 0.2) is 0 Å². The van der Waals surface area contributed by atoms with E-state index in [1.807, 2.05) is 0 Å². The third-order valence-corrected chi connectivity index (χ3v) is 11.3. The summed E-state index contributed by atoms with van der Waals surface area (Å²) in [6.45, 7) is 8.92. The van der Waals surface area contributed by atoms with Gasteiger partial charge in [0.2, 0.25) is 0 Å². The van der Waals surface area contributed by atoms with Crippen LogP contribution >= 0.6 is 0 Å².